The molecule has 5 nitrogen and oxygen atoms in total. The van der Waals surface area contributed by atoms with Crippen molar-refractivity contribution in [3.8, 4) is 11.5 Å². The highest BCUT2D eigenvalue weighted by Gasteiger charge is 2.27. The third kappa shape index (κ3) is 2.26. The van der Waals surface area contributed by atoms with Crippen LogP contribution < -0.4 is 5.32 Å². The number of fused-ring (bicyclic) bond motifs is 1. The predicted molar refractivity (Wildman–Crippen MR) is 80.1 cm³/mol. The summed E-state index contributed by atoms with van der Waals surface area (Å²) in [5, 5.41) is 9.63. The molecule has 0 saturated heterocycles. The first-order valence-electron chi connectivity index (χ1n) is 6.88. The minimum atomic E-state index is -0.00828. The van der Waals surface area contributed by atoms with E-state index >= 15 is 0 Å². The van der Waals surface area contributed by atoms with Gasteiger partial charge in [-0.25, -0.2) is 4.98 Å². The molecule has 4 heterocycles. The number of aromatic nitrogens is 3. The molecule has 1 N–H and O–H groups in total. The molecule has 6 heteroatoms. The predicted octanol–water partition coefficient (Wildman–Crippen LogP) is 2.74. The third-order valence-electron chi connectivity index (χ3n) is 3.60. The average molecular weight is 298 g/mol. The van der Waals surface area contributed by atoms with Crippen LogP contribution in [0.5, 0.6) is 0 Å². The number of nitrogens with zero attached hydrogens (tertiary/aromatic N) is 3. The first-order chi connectivity index (χ1) is 10.3. The molecule has 1 aliphatic rings. The molecule has 0 spiro atoms. The summed E-state index contributed by atoms with van der Waals surface area (Å²) in [6.45, 7) is 2.88. The second kappa shape index (κ2) is 5.05. The summed E-state index contributed by atoms with van der Waals surface area (Å²) in [5.41, 5.74) is 2.93. The zero-order valence-electron chi connectivity index (χ0n) is 11.5. The number of nitrogens with one attached hydrogen (secondary N) is 1. The quantitative estimate of drug-likeness (QED) is 0.788. The van der Waals surface area contributed by atoms with Gasteiger partial charge in [0.2, 0.25) is 11.7 Å². The van der Waals surface area contributed by atoms with Crippen LogP contribution in [0.3, 0.4) is 0 Å². The van der Waals surface area contributed by atoms with E-state index in [0.717, 1.165) is 24.4 Å². The van der Waals surface area contributed by atoms with Gasteiger partial charge in [0.25, 0.3) is 0 Å². The van der Waals surface area contributed by atoms with E-state index in [-0.39, 0.29) is 6.04 Å². The summed E-state index contributed by atoms with van der Waals surface area (Å²) in [7, 11) is 0. The van der Waals surface area contributed by atoms with Gasteiger partial charge in [-0.3, -0.25) is 0 Å². The monoisotopic (exact) mass is 298 g/mol. The summed E-state index contributed by atoms with van der Waals surface area (Å²) >= 11 is 1.79. The molecule has 0 amide bonds. The number of hydrogen-bond acceptors (Lipinski definition) is 6. The minimum Gasteiger partial charge on any atom is -0.337 e. The Bertz CT molecular complexity index is 779. The molecule has 0 radical (unpaired) electrons. The maximum Gasteiger partial charge on any atom is 0.248 e. The summed E-state index contributed by atoms with van der Waals surface area (Å²) in [6.07, 6.45) is 1.06. The smallest absolute Gasteiger partial charge is 0.248 e. The Kier molecular flexibility index (Phi) is 3.05. The molecule has 21 heavy (non-hydrogen) atoms. The second-order valence-corrected chi connectivity index (χ2v) is 6.06. The Labute approximate surface area is 126 Å². The van der Waals surface area contributed by atoms with E-state index < -0.39 is 0 Å². The van der Waals surface area contributed by atoms with Crippen molar-refractivity contribution < 1.29 is 4.52 Å². The molecule has 3 aromatic heterocycles. The van der Waals surface area contributed by atoms with Crippen molar-refractivity contribution >= 4 is 11.3 Å². The Morgan fingerprint density at radius 1 is 1.29 bits per heavy atom. The molecule has 0 fully saturated rings. The van der Waals surface area contributed by atoms with Crippen LogP contribution in [0.25, 0.3) is 11.5 Å². The summed E-state index contributed by atoms with van der Waals surface area (Å²) in [6, 6.07) is 7.91. The van der Waals surface area contributed by atoms with Gasteiger partial charge in [0.05, 0.1) is 0 Å². The van der Waals surface area contributed by atoms with Crippen molar-refractivity contribution in [3.05, 3.63) is 51.7 Å². The van der Waals surface area contributed by atoms with Crippen molar-refractivity contribution in [3.63, 3.8) is 0 Å². The normalized spacial score (nSPS) is 17.7. The SMILES string of the molecule is Cc1cccc(-c2noc(C3NCCc4sccc43)n2)n1. The van der Waals surface area contributed by atoms with Gasteiger partial charge < -0.3 is 9.84 Å². The molecule has 106 valence electrons. The lowest BCUT2D eigenvalue weighted by Gasteiger charge is -2.20. The molecule has 4 rings (SSSR count). The first kappa shape index (κ1) is 12.7. The molecule has 0 aliphatic carbocycles. The van der Waals surface area contributed by atoms with Gasteiger partial charge in [-0.1, -0.05) is 11.2 Å². The highest BCUT2D eigenvalue weighted by atomic mass is 32.1. The van der Waals surface area contributed by atoms with E-state index in [2.05, 4.69) is 31.9 Å². The number of thiophene rings is 1. The van der Waals surface area contributed by atoms with Gasteiger partial charge in [0.1, 0.15) is 11.7 Å². The molecule has 3 aromatic rings. The number of pyridine rings is 1. The molecular formula is C15H14N4OS. The van der Waals surface area contributed by atoms with Crippen LogP contribution >= 0.6 is 11.3 Å². The van der Waals surface area contributed by atoms with E-state index in [1.807, 2.05) is 25.1 Å². The van der Waals surface area contributed by atoms with Crippen LogP contribution in [0.2, 0.25) is 0 Å². The van der Waals surface area contributed by atoms with Gasteiger partial charge in [-0.2, -0.15) is 4.98 Å². The zero-order valence-corrected chi connectivity index (χ0v) is 12.4. The molecule has 0 aromatic carbocycles. The molecule has 0 bridgehead atoms. The van der Waals surface area contributed by atoms with E-state index in [9.17, 15) is 0 Å². The molecule has 1 aliphatic heterocycles. The molecular weight excluding hydrogens is 284 g/mol. The average Bonchev–Trinajstić information content (AvgIpc) is 3.16. The highest BCUT2D eigenvalue weighted by Crippen LogP contribution is 2.31. The van der Waals surface area contributed by atoms with Crippen LogP contribution in [-0.4, -0.2) is 21.7 Å². The Morgan fingerprint density at radius 3 is 3.14 bits per heavy atom. The lowest BCUT2D eigenvalue weighted by molar-refractivity contribution is 0.344. The van der Waals surface area contributed by atoms with Gasteiger partial charge in [0.15, 0.2) is 0 Å². The fraction of sp³-hybridized carbons (Fsp3) is 0.267. The zero-order chi connectivity index (χ0) is 14.2. The van der Waals surface area contributed by atoms with Gasteiger partial charge in [-0.05, 0) is 42.5 Å². The van der Waals surface area contributed by atoms with Crippen molar-refractivity contribution in [2.75, 3.05) is 6.54 Å². The summed E-state index contributed by atoms with van der Waals surface area (Å²) < 4.78 is 5.47. The molecule has 1 atom stereocenters. The lowest BCUT2D eigenvalue weighted by Crippen LogP contribution is -2.29. The van der Waals surface area contributed by atoms with Gasteiger partial charge in [0, 0.05) is 17.1 Å². The van der Waals surface area contributed by atoms with Gasteiger partial charge in [-0.15, -0.1) is 11.3 Å². The summed E-state index contributed by atoms with van der Waals surface area (Å²) in [5.74, 6) is 1.14. The van der Waals surface area contributed by atoms with Gasteiger partial charge >= 0.3 is 0 Å². The second-order valence-electron chi connectivity index (χ2n) is 5.06. The minimum absolute atomic E-state index is 0.00828. The van der Waals surface area contributed by atoms with Crippen LogP contribution in [0.4, 0.5) is 0 Å². The van der Waals surface area contributed by atoms with E-state index in [0.29, 0.717) is 11.7 Å². The number of hydrogen-bond donors (Lipinski definition) is 1. The first-order valence-corrected chi connectivity index (χ1v) is 7.76. The fourth-order valence-corrected chi connectivity index (χ4v) is 3.52. The Morgan fingerprint density at radius 2 is 2.24 bits per heavy atom. The van der Waals surface area contributed by atoms with Crippen LogP contribution in [0, 0.1) is 6.92 Å². The third-order valence-corrected chi connectivity index (χ3v) is 4.59. The van der Waals surface area contributed by atoms with Crippen LogP contribution in [0.15, 0.2) is 34.2 Å². The van der Waals surface area contributed by atoms with E-state index in [4.69, 9.17) is 4.52 Å². The highest BCUT2D eigenvalue weighted by molar-refractivity contribution is 7.10. The lowest BCUT2D eigenvalue weighted by atomic mass is 10.0. The molecule has 1 unspecified atom stereocenters. The number of aryl methyl sites for hydroxylation is 1. The van der Waals surface area contributed by atoms with Crippen molar-refractivity contribution in [1.82, 2.24) is 20.4 Å². The largest absolute Gasteiger partial charge is 0.337 e. The van der Waals surface area contributed by atoms with Crippen molar-refractivity contribution in [2.24, 2.45) is 0 Å². The standard InChI is InChI=1S/C15H14N4OS/c1-9-3-2-4-11(17-9)14-18-15(20-19-14)13-10-6-8-21-12(10)5-7-16-13/h2-4,6,8,13,16H,5,7H2,1H3. The van der Waals surface area contributed by atoms with Crippen LogP contribution in [0.1, 0.15) is 28.1 Å². The van der Waals surface area contributed by atoms with Crippen molar-refractivity contribution in [1.29, 1.82) is 0 Å². The maximum atomic E-state index is 5.47. The Hall–Kier alpha value is -2.05. The van der Waals surface area contributed by atoms with E-state index in [1.165, 1.54) is 10.4 Å². The summed E-state index contributed by atoms with van der Waals surface area (Å²) in [4.78, 5) is 10.4. The maximum absolute atomic E-state index is 5.47. The van der Waals surface area contributed by atoms with Crippen LogP contribution in [-0.2, 0) is 6.42 Å². The van der Waals surface area contributed by atoms with Crippen molar-refractivity contribution in [2.45, 2.75) is 19.4 Å². The molecule has 0 saturated carbocycles. The van der Waals surface area contributed by atoms with E-state index in [1.54, 1.807) is 11.3 Å². The fourth-order valence-electron chi connectivity index (χ4n) is 2.60. The topological polar surface area (TPSA) is 63.8 Å². The Balaban J connectivity index is 1.70. The number of rotatable bonds is 2.